The van der Waals surface area contributed by atoms with Crippen molar-refractivity contribution in [2.24, 2.45) is 0 Å². The SMILES string of the molecule is CCCCn1c(Cc2ccc(-c3ccccc3)c(-c3nn[nH]n3)c2)c(C(=O)C(F)(F)F)c2ccccc21. The van der Waals surface area contributed by atoms with Crippen LogP contribution < -0.4 is 0 Å². The summed E-state index contributed by atoms with van der Waals surface area (Å²) in [6.45, 7) is 2.53. The fourth-order valence-electron chi connectivity index (χ4n) is 4.73. The molecule has 0 saturated heterocycles. The molecule has 6 nitrogen and oxygen atoms in total. The molecular formula is C28H24F3N5O. The molecule has 2 aromatic heterocycles. The zero-order chi connectivity index (χ0) is 26.0. The number of ketones is 1. The maximum absolute atomic E-state index is 13.7. The second-order valence-corrected chi connectivity index (χ2v) is 8.83. The normalized spacial score (nSPS) is 11.8. The van der Waals surface area contributed by atoms with Crippen LogP contribution in [0.3, 0.4) is 0 Å². The van der Waals surface area contributed by atoms with Crippen LogP contribution in [-0.2, 0) is 13.0 Å². The summed E-state index contributed by atoms with van der Waals surface area (Å²) in [4.78, 5) is 12.7. The number of tetrazole rings is 1. The second-order valence-electron chi connectivity index (χ2n) is 8.83. The number of nitrogens with zero attached hydrogens (tertiary/aromatic N) is 4. The zero-order valence-corrected chi connectivity index (χ0v) is 20.1. The highest BCUT2D eigenvalue weighted by molar-refractivity contribution is 6.12. The van der Waals surface area contributed by atoms with Crippen molar-refractivity contribution in [1.29, 1.82) is 0 Å². The first-order valence-corrected chi connectivity index (χ1v) is 12.0. The number of aryl methyl sites for hydroxylation is 1. The molecule has 188 valence electrons. The fraction of sp³-hybridized carbons (Fsp3) is 0.214. The van der Waals surface area contributed by atoms with Gasteiger partial charge in [0.1, 0.15) is 0 Å². The molecule has 9 heteroatoms. The van der Waals surface area contributed by atoms with Crippen LogP contribution in [0, 0.1) is 0 Å². The summed E-state index contributed by atoms with van der Waals surface area (Å²) in [6.07, 6.45) is -3.22. The fourth-order valence-corrected chi connectivity index (χ4v) is 4.73. The summed E-state index contributed by atoms with van der Waals surface area (Å²) in [7, 11) is 0. The lowest BCUT2D eigenvalue weighted by Gasteiger charge is -2.15. The van der Waals surface area contributed by atoms with Crippen molar-refractivity contribution < 1.29 is 18.0 Å². The lowest BCUT2D eigenvalue weighted by molar-refractivity contribution is -0.0884. The average Bonchev–Trinajstić information content (AvgIpc) is 3.54. The highest BCUT2D eigenvalue weighted by Gasteiger charge is 2.42. The van der Waals surface area contributed by atoms with E-state index in [1.165, 1.54) is 0 Å². The third kappa shape index (κ3) is 4.76. The number of alkyl halides is 3. The van der Waals surface area contributed by atoms with E-state index in [1.54, 1.807) is 24.3 Å². The number of Topliss-reactive ketones (excluding diaryl/α,β-unsaturated/α-hetero) is 1. The number of unbranched alkanes of at least 4 members (excludes halogenated alkanes) is 1. The third-order valence-corrected chi connectivity index (χ3v) is 6.42. The van der Waals surface area contributed by atoms with Gasteiger partial charge in [0.05, 0.1) is 5.56 Å². The average molecular weight is 504 g/mol. The minimum absolute atomic E-state index is 0.134. The molecule has 0 bridgehead atoms. The van der Waals surface area contributed by atoms with E-state index in [0.29, 0.717) is 34.5 Å². The summed E-state index contributed by atoms with van der Waals surface area (Å²) in [6, 6.07) is 22.1. The number of carbonyl (C=O) groups is 1. The molecule has 0 atom stereocenters. The van der Waals surface area contributed by atoms with Crippen LogP contribution in [0.4, 0.5) is 13.2 Å². The van der Waals surface area contributed by atoms with Gasteiger partial charge in [-0.3, -0.25) is 4.79 Å². The highest BCUT2D eigenvalue weighted by Crippen LogP contribution is 2.36. The van der Waals surface area contributed by atoms with Gasteiger partial charge in [-0.05, 0) is 40.5 Å². The van der Waals surface area contributed by atoms with Gasteiger partial charge in [0.2, 0.25) is 5.82 Å². The minimum atomic E-state index is -4.98. The van der Waals surface area contributed by atoms with Crippen LogP contribution in [0.2, 0.25) is 0 Å². The monoisotopic (exact) mass is 503 g/mol. The van der Waals surface area contributed by atoms with Crippen LogP contribution in [0.25, 0.3) is 33.4 Å². The molecule has 5 aromatic rings. The number of benzene rings is 3. The maximum atomic E-state index is 13.7. The van der Waals surface area contributed by atoms with Crippen LogP contribution in [0.5, 0.6) is 0 Å². The van der Waals surface area contributed by atoms with Gasteiger partial charge in [0.25, 0.3) is 5.78 Å². The van der Waals surface area contributed by atoms with E-state index >= 15 is 0 Å². The van der Waals surface area contributed by atoms with Gasteiger partial charge >= 0.3 is 6.18 Å². The number of fused-ring (bicyclic) bond motifs is 1. The number of aromatic nitrogens is 5. The topological polar surface area (TPSA) is 76.5 Å². The molecule has 0 aliphatic heterocycles. The Bertz CT molecular complexity index is 1540. The maximum Gasteiger partial charge on any atom is 0.454 e. The van der Waals surface area contributed by atoms with Gasteiger partial charge in [-0.1, -0.05) is 74.0 Å². The first-order valence-electron chi connectivity index (χ1n) is 12.0. The molecule has 5 rings (SSSR count). The van der Waals surface area contributed by atoms with Gasteiger partial charge in [-0.25, -0.2) is 0 Å². The van der Waals surface area contributed by atoms with E-state index in [2.05, 4.69) is 20.6 Å². The Morgan fingerprint density at radius 3 is 2.43 bits per heavy atom. The Labute approximate surface area is 211 Å². The summed E-state index contributed by atoms with van der Waals surface area (Å²) in [5, 5.41) is 14.7. The van der Waals surface area contributed by atoms with E-state index in [1.807, 2.05) is 60.0 Å². The number of hydrogen-bond donors (Lipinski definition) is 1. The molecule has 1 N–H and O–H groups in total. The summed E-state index contributed by atoms with van der Waals surface area (Å²) in [5.41, 5.74) is 3.92. The van der Waals surface area contributed by atoms with Crippen molar-refractivity contribution in [2.75, 3.05) is 0 Å². The van der Waals surface area contributed by atoms with Gasteiger partial charge in [0, 0.05) is 35.1 Å². The number of nitrogens with one attached hydrogen (secondary N) is 1. The molecule has 0 unspecified atom stereocenters. The number of H-pyrrole nitrogens is 1. The molecule has 0 aliphatic rings. The smallest absolute Gasteiger partial charge is 0.344 e. The molecule has 37 heavy (non-hydrogen) atoms. The summed E-state index contributed by atoms with van der Waals surface area (Å²) < 4.78 is 43.1. The van der Waals surface area contributed by atoms with E-state index in [0.717, 1.165) is 29.5 Å². The van der Waals surface area contributed by atoms with E-state index in [4.69, 9.17) is 0 Å². The summed E-state index contributed by atoms with van der Waals surface area (Å²) in [5.74, 6) is -1.45. The number of aromatic amines is 1. The number of para-hydroxylation sites is 1. The lowest BCUT2D eigenvalue weighted by atomic mass is 9.94. The molecule has 0 saturated carbocycles. The number of rotatable bonds is 8. The Morgan fingerprint density at radius 2 is 1.73 bits per heavy atom. The number of halogens is 3. The van der Waals surface area contributed by atoms with E-state index in [-0.39, 0.29) is 12.0 Å². The van der Waals surface area contributed by atoms with Crippen LogP contribution in [0.1, 0.15) is 41.4 Å². The lowest BCUT2D eigenvalue weighted by Crippen LogP contribution is -2.24. The molecule has 0 radical (unpaired) electrons. The molecule has 2 heterocycles. The molecule has 3 aromatic carbocycles. The molecular weight excluding hydrogens is 479 g/mol. The van der Waals surface area contributed by atoms with E-state index in [9.17, 15) is 18.0 Å². The first kappa shape index (κ1) is 24.4. The Morgan fingerprint density at radius 1 is 0.973 bits per heavy atom. The Kier molecular flexibility index (Phi) is 6.60. The van der Waals surface area contributed by atoms with Crippen molar-refractivity contribution in [2.45, 2.75) is 38.9 Å². The Hall–Kier alpha value is -4.27. The largest absolute Gasteiger partial charge is 0.454 e. The third-order valence-electron chi connectivity index (χ3n) is 6.42. The van der Waals surface area contributed by atoms with Gasteiger partial charge in [0.15, 0.2) is 0 Å². The van der Waals surface area contributed by atoms with Crippen molar-refractivity contribution in [3.05, 3.63) is 89.6 Å². The van der Waals surface area contributed by atoms with E-state index < -0.39 is 12.0 Å². The quantitative estimate of drug-likeness (QED) is 0.241. The van der Waals surface area contributed by atoms with Gasteiger partial charge < -0.3 is 4.57 Å². The first-order chi connectivity index (χ1) is 17.9. The minimum Gasteiger partial charge on any atom is -0.344 e. The van der Waals surface area contributed by atoms with Crippen LogP contribution >= 0.6 is 0 Å². The van der Waals surface area contributed by atoms with Crippen molar-refractivity contribution in [3.8, 4) is 22.5 Å². The summed E-state index contributed by atoms with van der Waals surface area (Å²) >= 11 is 0. The van der Waals surface area contributed by atoms with Gasteiger partial charge in [-0.2, -0.15) is 18.4 Å². The van der Waals surface area contributed by atoms with Crippen molar-refractivity contribution >= 4 is 16.7 Å². The standard InChI is InChI=1S/C28H24F3N5O/c1-2-3-15-36-23-12-8-7-11-21(23)25(26(37)28(29,30)31)24(36)17-18-13-14-20(19-9-5-4-6-10-19)22(16-18)27-32-34-35-33-27/h4-14,16H,2-3,15,17H2,1H3,(H,32,33,34,35). The van der Waals surface area contributed by atoms with Crippen LogP contribution in [0.15, 0.2) is 72.8 Å². The van der Waals surface area contributed by atoms with Crippen molar-refractivity contribution in [1.82, 2.24) is 25.2 Å². The second kappa shape index (κ2) is 10.0. The molecule has 0 spiro atoms. The Balaban J connectivity index is 1.68. The molecule has 0 aliphatic carbocycles. The molecule has 0 amide bonds. The number of carbonyl (C=O) groups excluding carboxylic acids is 1. The zero-order valence-electron chi connectivity index (χ0n) is 20.1. The highest BCUT2D eigenvalue weighted by atomic mass is 19.4. The molecule has 0 fully saturated rings. The van der Waals surface area contributed by atoms with Gasteiger partial charge in [-0.15, -0.1) is 10.2 Å². The van der Waals surface area contributed by atoms with Crippen LogP contribution in [-0.4, -0.2) is 37.2 Å². The number of hydrogen-bond acceptors (Lipinski definition) is 4. The predicted octanol–water partition coefficient (Wildman–Crippen LogP) is 6.62. The van der Waals surface area contributed by atoms with Crippen molar-refractivity contribution in [3.63, 3.8) is 0 Å². The predicted molar refractivity (Wildman–Crippen MR) is 135 cm³/mol.